The first-order valence-electron chi connectivity index (χ1n) is 11.9. The second kappa shape index (κ2) is 10.9. The van der Waals surface area contributed by atoms with Crippen molar-refractivity contribution < 1.29 is 9.12 Å². The van der Waals surface area contributed by atoms with Crippen LogP contribution in [0.3, 0.4) is 0 Å². The van der Waals surface area contributed by atoms with E-state index in [1.54, 1.807) is 10.6 Å². The van der Waals surface area contributed by atoms with Crippen LogP contribution in [0.25, 0.3) is 0 Å². The highest BCUT2D eigenvalue weighted by atomic mass is 19.1. The molecule has 2 aromatic heterocycles. The van der Waals surface area contributed by atoms with Crippen molar-refractivity contribution in [2.45, 2.75) is 51.7 Å². The van der Waals surface area contributed by atoms with E-state index < -0.39 is 0 Å². The molecule has 34 heavy (non-hydrogen) atoms. The van der Waals surface area contributed by atoms with Gasteiger partial charge in [-0.25, -0.2) is 9.37 Å². The summed E-state index contributed by atoms with van der Waals surface area (Å²) in [5.74, 6) is 0.409. The molecule has 180 valence electrons. The lowest BCUT2D eigenvalue weighted by Crippen LogP contribution is -2.39. The van der Waals surface area contributed by atoms with Crippen LogP contribution in [0.1, 0.15) is 54.0 Å². The predicted molar refractivity (Wildman–Crippen MR) is 129 cm³/mol. The lowest BCUT2D eigenvalue weighted by Gasteiger charge is -2.32. The number of nitrogens with one attached hydrogen (secondary N) is 1. The minimum atomic E-state index is -0.316. The van der Waals surface area contributed by atoms with Crippen LogP contribution >= 0.6 is 0 Å². The van der Waals surface area contributed by atoms with E-state index in [1.165, 1.54) is 24.5 Å². The summed E-state index contributed by atoms with van der Waals surface area (Å²) in [6.07, 6.45) is 6.24. The van der Waals surface area contributed by atoms with E-state index in [0.717, 1.165) is 71.7 Å². The molecule has 1 N–H and O–H groups in total. The fraction of sp³-hybridized carbons (Fsp3) is 0.423. The summed E-state index contributed by atoms with van der Waals surface area (Å²) in [7, 11) is 1.91. The highest BCUT2D eigenvalue weighted by molar-refractivity contribution is 5.26. The largest absolute Gasteiger partial charge is 0.619 e. The van der Waals surface area contributed by atoms with Gasteiger partial charge in [0, 0.05) is 37.3 Å². The lowest BCUT2D eigenvalue weighted by atomic mass is 10.1. The number of aromatic nitrogens is 3. The van der Waals surface area contributed by atoms with Gasteiger partial charge < -0.3 is 10.5 Å². The number of likely N-dealkylation sites (N-methyl/N-ethyl adjacent to an activating group) is 1. The van der Waals surface area contributed by atoms with E-state index in [9.17, 15) is 14.4 Å². The number of rotatable bonds is 10. The fourth-order valence-corrected chi connectivity index (χ4v) is 4.76. The highest BCUT2D eigenvalue weighted by Gasteiger charge is 2.28. The molecule has 4 rings (SSSR count). The Kier molecular flexibility index (Phi) is 7.70. The first-order chi connectivity index (χ1) is 16.5. The summed E-state index contributed by atoms with van der Waals surface area (Å²) in [6, 6.07) is 9.93. The fourth-order valence-electron chi connectivity index (χ4n) is 4.76. The maximum absolute atomic E-state index is 13.9. The zero-order chi connectivity index (χ0) is 24.1. The van der Waals surface area contributed by atoms with E-state index in [-0.39, 0.29) is 24.0 Å². The van der Waals surface area contributed by atoms with Crippen LogP contribution in [0, 0.1) is 11.0 Å². The molecular formula is C26H32FN5O2. The molecule has 8 heteroatoms. The summed E-state index contributed by atoms with van der Waals surface area (Å²) in [5.41, 5.74) is 3.43. The molecule has 0 fully saturated rings. The molecule has 0 saturated carbocycles. The minimum absolute atomic E-state index is 0.0131. The molecule has 1 unspecified atom stereocenters. The second-order valence-corrected chi connectivity index (χ2v) is 8.83. The molecule has 2 heterocycles. The zero-order valence-corrected chi connectivity index (χ0v) is 19.8. The monoisotopic (exact) mass is 465 g/mol. The number of aryl methyl sites for hydroxylation is 1. The van der Waals surface area contributed by atoms with E-state index in [2.05, 4.69) is 17.1 Å². The number of benzene rings is 1. The highest BCUT2D eigenvalue weighted by Crippen LogP contribution is 2.27. The van der Waals surface area contributed by atoms with Crippen molar-refractivity contribution in [3.8, 4) is 0 Å². The first kappa shape index (κ1) is 24.0. The van der Waals surface area contributed by atoms with Gasteiger partial charge in [-0.2, -0.15) is 4.73 Å². The van der Waals surface area contributed by atoms with Crippen molar-refractivity contribution in [2.24, 2.45) is 0 Å². The van der Waals surface area contributed by atoms with Crippen LogP contribution in [0.2, 0.25) is 0 Å². The van der Waals surface area contributed by atoms with E-state index >= 15 is 0 Å². The van der Waals surface area contributed by atoms with Gasteiger partial charge in [0.2, 0.25) is 0 Å². The Balaban J connectivity index is 1.77. The summed E-state index contributed by atoms with van der Waals surface area (Å²) in [6.45, 7) is 4.51. The summed E-state index contributed by atoms with van der Waals surface area (Å²) >= 11 is 0. The van der Waals surface area contributed by atoms with Gasteiger partial charge in [-0.05, 0) is 56.0 Å². The van der Waals surface area contributed by atoms with Gasteiger partial charge in [-0.3, -0.25) is 14.3 Å². The molecule has 0 amide bonds. The Labute approximate surface area is 199 Å². The van der Waals surface area contributed by atoms with Crippen LogP contribution in [0.15, 0.2) is 53.6 Å². The van der Waals surface area contributed by atoms with Gasteiger partial charge in [0.25, 0.3) is 5.56 Å². The molecule has 7 nitrogen and oxygen atoms in total. The van der Waals surface area contributed by atoms with Gasteiger partial charge in [-0.1, -0.05) is 19.1 Å². The summed E-state index contributed by atoms with van der Waals surface area (Å²) < 4.78 is 16.4. The first-order valence-corrected chi connectivity index (χ1v) is 11.9. The van der Waals surface area contributed by atoms with Gasteiger partial charge in [0.1, 0.15) is 11.6 Å². The van der Waals surface area contributed by atoms with Crippen molar-refractivity contribution in [1.29, 1.82) is 0 Å². The normalized spacial score (nSPS) is 13.9. The SMILES string of the molecule is CCC(c1nc2c(c(=O)n1Cc1cccc(F)c1)CCC2)N(CCNC)Cc1cc[n+]([O-])cc1. The van der Waals surface area contributed by atoms with Crippen molar-refractivity contribution in [2.75, 3.05) is 20.1 Å². The van der Waals surface area contributed by atoms with Gasteiger partial charge in [0.15, 0.2) is 12.4 Å². The average molecular weight is 466 g/mol. The quantitative estimate of drug-likeness (QED) is 0.368. The molecule has 1 aliphatic carbocycles. The molecule has 0 radical (unpaired) electrons. The zero-order valence-electron chi connectivity index (χ0n) is 19.8. The van der Waals surface area contributed by atoms with E-state index in [0.29, 0.717) is 6.54 Å². The Hall–Kier alpha value is -3.10. The molecule has 1 atom stereocenters. The van der Waals surface area contributed by atoms with Crippen LogP contribution in [0.4, 0.5) is 4.39 Å². The van der Waals surface area contributed by atoms with Crippen molar-refractivity contribution in [3.05, 3.63) is 98.4 Å². The third-order valence-electron chi connectivity index (χ3n) is 6.48. The van der Waals surface area contributed by atoms with Gasteiger partial charge in [0.05, 0.1) is 18.3 Å². The Bertz CT molecular complexity index is 1180. The Morgan fingerprint density at radius 2 is 2.03 bits per heavy atom. The van der Waals surface area contributed by atoms with Crippen LogP contribution in [-0.2, 0) is 25.9 Å². The minimum Gasteiger partial charge on any atom is -0.619 e. The number of nitrogens with zero attached hydrogens (tertiary/aromatic N) is 4. The number of hydrogen-bond acceptors (Lipinski definition) is 5. The molecule has 0 saturated heterocycles. The Morgan fingerprint density at radius 3 is 2.74 bits per heavy atom. The average Bonchev–Trinajstić information content (AvgIpc) is 3.30. The third kappa shape index (κ3) is 5.34. The number of hydrogen-bond donors (Lipinski definition) is 1. The maximum atomic E-state index is 13.9. The van der Waals surface area contributed by atoms with Gasteiger partial charge >= 0.3 is 0 Å². The number of halogens is 1. The molecule has 1 aromatic carbocycles. The van der Waals surface area contributed by atoms with Crippen LogP contribution in [-0.4, -0.2) is 34.6 Å². The molecule has 1 aliphatic rings. The van der Waals surface area contributed by atoms with Crippen molar-refractivity contribution in [3.63, 3.8) is 0 Å². The van der Waals surface area contributed by atoms with Crippen LogP contribution in [0.5, 0.6) is 0 Å². The predicted octanol–water partition coefficient (Wildman–Crippen LogP) is 2.73. The smallest absolute Gasteiger partial charge is 0.257 e. The molecule has 0 bridgehead atoms. The maximum Gasteiger partial charge on any atom is 0.257 e. The molecule has 0 aliphatic heterocycles. The lowest BCUT2D eigenvalue weighted by molar-refractivity contribution is -0.605. The standard InChI is InChI=1S/C26H32FN5O2/c1-3-24(30(15-12-28-2)17-19-10-13-31(34)14-11-19)25-29-23-9-5-8-22(23)26(33)32(25)18-20-6-4-7-21(27)16-20/h4,6-7,10-11,13-14,16,24,28H,3,5,8-9,12,15,17-18H2,1-2H3. The Morgan fingerprint density at radius 1 is 1.24 bits per heavy atom. The molecule has 3 aromatic rings. The number of pyridine rings is 1. The van der Waals surface area contributed by atoms with E-state index in [1.807, 2.05) is 25.2 Å². The topological polar surface area (TPSA) is 77.1 Å². The molecule has 0 spiro atoms. The third-order valence-corrected chi connectivity index (χ3v) is 6.48. The number of fused-ring (bicyclic) bond motifs is 1. The van der Waals surface area contributed by atoms with Crippen LogP contribution < -0.4 is 15.6 Å². The van der Waals surface area contributed by atoms with Crippen molar-refractivity contribution >= 4 is 0 Å². The van der Waals surface area contributed by atoms with E-state index in [4.69, 9.17) is 4.98 Å². The second-order valence-electron chi connectivity index (χ2n) is 8.83. The van der Waals surface area contributed by atoms with Crippen molar-refractivity contribution in [1.82, 2.24) is 19.8 Å². The van der Waals surface area contributed by atoms with Gasteiger partial charge in [-0.15, -0.1) is 0 Å². The molecular weight excluding hydrogens is 433 g/mol. The summed E-state index contributed by atoms with van der Waals surface area (Å²) in [5, 5.41) is 14.7. The summed E-state index contributed by atoms with van der Waals surface area (Å²) in [4.78, 5) is 20.9.